The number of hydrogen-bond donors (Lipinski definition) is 1. The lowest BCUT2D eigenvalue weighted by Gasteiger charge is -1.99. The zero-order valence-corrected chi connectivity index (χ0v) is 5.85. The number of nitrogens with one attached hydrogen (secondary N) is 1. The Hall–Kier alpha value is -1.60. The second-order valence-electron chi connectivity index (χ2n) is 2.03. The molecule has 13 heavy (non-hydrogen) atoms. The number of nitrogens with zero attached hydrogens (tertiary/aromatic N) is 1. The Morgan fingerprint density at radius 2 is 2.15 bits per heavy atom. The molecule has 0 amide bonds. The van der Waals surface area contributed by atoms with Crippen molar-refractivity contribution in [2.24, 2.45) is 0 Å². The third kappa shape index (κ3) is 1.95. The zero-order chi connectivity index (χ0) is 10.1. The van der Waals surface area contributed by atoms with E-state index in [9.17, 15) is 22.5 Å². The van der Waals surface area contributed by atoms with Crippen molar-refractivity contribution < 1.29 is 27.4 Å². The summed E-state index contributed by atoms with van der Waals surface area (Å²) in [4.78, 5) is 13.0. The van der Waals surface area contributed by atoms with Gasteiger partial charge in [0.2, 0.25) is 0 Å². The summed E-state index contributed by atoms with van der Waals surface area (Å²) in [5.41, 5.74) is -2.01. The molecule has 0 atom stereocenters. The molecule has 0 unspecified atom stereocenters. The second-order valence-corrected chi connectivity index (χ2v) is 2.03. The maximum atomic E-state index is 11.9. The number of rotatable bonds is 1. The molecule has 0 aromatic carbocycles. The Bertz CT molecular complexity index is 319. The molecule has 8 heteroatoms. The van der Waals surface area contributed by atoms with Gasteiger partial charge in [0.15, 0.2) is 5.69 Å². The molecule has 0 aliphatic rings. The summed E-state index contributed by atoms with van der Waals surface area (Å²) in [5, 5.41) is 4.41. The second kappa shape index (κ2) is 3.04. The Morgan fingerprint density at radius 3 is 2.54 bits per heavy atom. The molecule has 0 radical (unpaired) electrons. The largest absolute Gasteiger partial charge is 0.432 e. The van der Waals surface area contributed by atoms with Gasteiger partial charge in [-0.2, -0.15) is 18.3 Å². The molecule has 0 bridgehead atoms. The average Bonchev–Trinajstić information content (AvgIpc) is 2.50. The van der Waals surface area contributed by atoms with Gasteiger partial charge in [-0.1, -0.05) is 0 Å². The Kier molecular flexibility index (Phi) is 2.22. The van der Waals surface area contributed by atoms with Gasteiger partial charge in [0.05, 0.1) is 0 Å². The molecule has 0 saturated heterocycles. The summed E-state index contributed by atoms with van der Waals surface area (Å²) in [6.07, 6.45) is -4.65. The highest BCUT2D eigenvalue weighted by atomic mass is 19.4. The van der Waals surface area contributed by atoms with Gasteiger partial charge in [-0.05, 0) is 0 Å². The van der Waals surface area contributed by atoms with Gasteiger partial charge >= 0.3 is 12.1 Å². The standard InChI is InChI=1S/C5H2F4N2O2/c6-5(7,8)3-1-2(10-11-3)4(12)13-9/h1H,(H,10,11). The van der Waals surface area contributed by atoms with Crippen molar-refractivity contribution in [2.75, 3.05) is 0 Å². The molecule has 1 rings (SSSR count). The number of halogens is 4. The van der Waals surface area contributed by atoms with Gasteiger partial charge in [0.25, 0.3) is 0 Å². The van der Waals surface area contributed by atoms with Gasteiger partial charge in [0.1, 0.15) is 5.69 Å². The van der Waals surface area contributed by atoms with Crippen LogP contribution in [-0.4, -0.2) is 16.2 Å². The van der Waals surface area contributed by atoms with Crippen molar-refractivity contribution in [1.29, 1.82) is 0 Å². The molecule has 72 valence electrons. The van der Waals surface area contributed by atoms with Crippen LogP contribution in [0.2, 0.25) is 0 Å². The van der Waals surface area contributed by atoms with E-state index >= 15 is 0 Å². The minimum atomic E-state index is -4.65. The molecule has 0 fully saturated rings. The highest BCUT2D eigenvalue weighted by Gasteiger charge is 2.34. The summed E-state index contributed by atoms with van der Waals surface area (Å²) in [6.45, 7) is 0. The Labute approximate surface area is 68.4 Å². The first-order valence-corrected chi connectivity index (χ1v) is 2.90. The van der Waals surface area contributed by atoms with Crippen molar-refractivity contribution in [2.45, 2.75) is 6.18 Å². The maximum Gasteiger partial charge on any atom is 0.432 e. The quantitative estimate of drug-likeness (QED) is 0.695. The van der Waals surface area contributed by atoms with Crippen LogP contribution in [0.15, 0.2) is 6.07 Å². The molecule has 0 spiro atoms. The molecular weight excluding hydrogens is 196 g/mol. The van der Waals surface area contributed by atoms with Crippen LogP contribution < -0.4 is 0 Å². The van der Waals surface area contributed by atoms with E-state index in [1.807, 2.05) is 0 Å². The van der Waals surface area contributed by atoms with Gasteiger partial charge in [-0.3, -0.25) is 5.10 Å². The summed E-state index contributed by atoms with van der Waals surface area (Å²) in [6, 6.07) is 0.349. The van der Waals surface area contributed by atoms with Crippen molar-refractivity contribution in [3.05, 3.63) is 17.5 Å². The average molecular weight is 198 g/mol. The first-order chi connectivity index (χ1) is 5.95. The van der Waals surface area contributed by atoms with E-state index < -0.39 is 23.5 Å². The third-order valence-electron chi connectivity index (χ3n) is 1.16. The fraction of sp³-hybridized carbons (Fsp3) is 0.200. The zero-order valence-electron chi connectivity index (χ0n) is 5.85. The summed E-state index contributed by atoms with van der Waals surface area (Å²) in [7, 11) is 0. The number of aromatic nitrogens is 2. The SMILES string of the molecule is O=C(OF)c1cc(C(F)(F)F)[nH]n1. The van der Waals surface area contributed by atoms with E-state index in [2.05, 4.69) is 10.0 Å². The summed E-state index contributed by atoms with van der Waals surface area (Å²) in [5.74, 6) is -1.58. The molecule has 4 nitrogen and oxygen atoms in total. The molecule has 0 aliphatic heterocycles. The number of carbonyl (C=O) groups is 1. The molecule has 1 aromatic rings. The van der Waals surface area contributed by atoms with Crippen LogP contribution in [0.3, 0.4) is 0 Å². The van der Waals surface area contributed by atoms with Crippen LogP contribution in [0.25, 0.3) is 0 Å². The van der Waals surface area contributed by atoms with Gasteiger partial charge in [-0.15, -0.1) is 0 Å². The first-order valence-electron chi connectivity index (χ1n) is 2.90. The van der Waals surface area contributed by atoms with Crippen molar-refractivity contribution in [3.8, 4) is 0 Å². The molecular formula is C5H2F4N2O2. The topological polar surface area (TPSA) is 55.0 Å². The van der Waals surface area contributed by atoms with Crippen LogP contribution >= 0.6 is 0 Å². The minimum Gasteiger partial charge on any atom is -0.273 e. The van der Waals surface area contributed by atoms with Crippen molar-refractivity contribution in [3.63, 3.8) is 0 Å². The number of aromatic amines is 1. The monoisotopic (exact) mass is 198 g/mol. The van der Waals surface area contributed by atoms with E-state index in [1.54, 1.807) is 0 Å². The Balaban J connectivity index is 2.93. The smallest absolute Gasteiger partial charge is 0.273 e. The molecule has 1 N–H and O–H groups in total. The third-order valence-corrected chi connectivity index (χ3v) is 1.16. The highest BCUT2D eigenvalue weighted by Crippen LogP contribution is 2.27. The molecule has 1 aromatic heterocycles. The Morgan fingerprint density at radius 1 is 1.54 bits per heavy atom. The number of carbonyl (C=O) groups excluding carboxylic acids is 1. The van der Waals surface area contributed by atoms with Crippen LogP contribution in [0, 0.1) is 0 Å². The van der Waals surface area contributed by atoms with Crippen molar-refractivity contribution >= 4 is 5.97 Å². The number of alkyl halides is 3. The fourth-order valence-corrected chi connectivity index (χ4v) is 0.611. The molecule has 0 saturated carbocycles. The number of hydrogen-bond acceptors (Lipinski definition) is 3. The summed E-state index contributed by atoms with van der Waals surface area (Å²) < 4.78 is 46.7. The van der Waals surface area contributed by atoms with E-state index in [-0.39, 0.29) is 0 Å². The van der Waals surface area contributed by atoms with Crippen LogP contribution in [0.5, 0.6) is 0 Å². The van der Waals surface area contributed by atoms with Gasteiger partial charge in [0, 0.05) is 10.6 Å². The minimum absolute atomic E-state index is 0.349. The highest BCUT2D eigenvalue weighted by molar-refractivity contribution is 5.86. The van der Waals surface area contributed by atoms with E-state index in [0.29, 0.717) is 6.07 Å². The van der Waals surface area contributed by atoms with Crippen LogP contribution in [0.1, 0.15) is 16.2 Å². The van der Waals surface area contributed by atoms with Gasteiger partial charge in [-0.25, -0.2) is 9.74 Å². The molecule has 0 aliphatic carbocycles. The van der Waals surface area contributed by atoms with E-state index in [0.717, 1.165) is 0 Å². The normalized spacial score (nSPS) is 11.4. The van der Waals surface area contributed by atoms with E-state index in [4.69, 9.17) is 0 Å². The lowest BCUT2D eigenvalue weighted by Crippen LogP contribution is -2.04. The van der Waals surface area contributed by atoms with Gasteiger partial charge < -0.3 is 0 Å². The molecule has 1 heterocycles. The maximum absolute atomic E-state index is 11.9. The predicted octanol–water partition coefficient (Wildman–Crippen LogP) is 1.47. The summed E-state index contributed by atoms with van der Waals surface area (Å²) >= 11 is 0. The van der Waals surface area contributed by atoms with Crippen LogP contribution in [-0.2, 0) is 11.1 Å². The lowest BCUT2D eigenvalue weighted by atomic mass is 10.3. The first kappa shape index (κ1) is 9.49. The van der Waals surface area contributed by atoms with Crippen LogP contribution in [0.4, 0.5) is 17.7 Å². The number of H-pyrrole nitrogens is 1. The fourth-order valence-electron chi connectivity index (χ4n) is 0.611. The van der Waals surface area contributed by atoms with E-state index in [1.165, 1.54) is 5.10 Å². The van der Waals surface area contributed by atoms with Crippen molar-refractivity contribution in [1.82, 2.24) is 10.2 Å². The lowest BCUT2D eigenvalue weighted by molar-refractivity contribution is -0.141. The predicted molar refractivity (Wildman–Crippen MR) is 30.1 cm³/mol.